The van der Waals surface area contributed by atoms with Gasteiger partial charge in [-0.15, -0.1) is 0 Å². The van der Waals surface area contributed by atoms with Crippen LogP contribution in [0.1, 0.15) is 48.4 Å². The molecule has 0 bridgehead atoms. The van der Waals surface area contributed by atoms with Crippen LogP contribution >= 0.6 is 34.8 Å². The van der Waals surface area contributed by atoms with Gasteiger partial charge in [0.1, 0.15) is 11.6 Å². The number of benzene rings is 2. The van der Waals surface area contributed by atoms with Gasteiger partial charge in [0.25, 0.3) is 0 Å². The predicted octanol–water partition coefficient (Wildman–Crippen LogP) is 6.25. The van der Waals surface area contributed by atoms with Gasteiger partial charge in [-0.2, -0.15) is 0 Å². The molecule has 0 fully saturated rings. The van der Waals surface area contributed by atoms with Crippen LogP contribution in [0.5, 0.6) is 5.75 Å². The zero-order chi connectivity index (χ0) is 18.7. The van der Waals surface area contributed by atoms with Crippen LogP contribution in [0.15, 0.2) is 24.3 Å². The van der Waals surface area contributed by atoms with E-state index in [2.05, 4.69) is 0 Å². The molecule has 0 aliphatic rings. The van der Waals surface area contributed by atoms with Crippen LogP contribution in [-0.2, 0) is 17.6 Å². The Hall–Kier alpha value is -1.29. The standard InChI is InChI=1S/C19H18Cl3FO2/c1-10(2)18-16(24)5-4-12(19(18)23)9-13-14(20)7-11(8-15(13)21)3-6-17(22)25/h4-5,7-8,10,24H,3,6,9H2,1-2H3. The summed E-state index contributed by atoms with van der Waals surface area (Å²) in [5.74, 6) is -0.658. The molecule has 0 saturated heterocycles. The number of hydrogen-bond donors (Lipinski definition) is 1. The number of hydrogen-bond acceptors (Lipinski definition) is 2. The van der Waals surface area contributed by atoms with Crippen LogP contribution in [0.2, 0.25) is 10.0 Å². The van der Waals surface area contributed by atoms with Crippen LogP contribution in [0.3, 0.4) is 0 Å². The lowest BCUT2D eigenvalue weighted by Crippen LogP contribution is -2.02. The summed E-state index contributed by atoms with van der Waals surface area (Å²) in [4.78, 5) is 10.9. The fourth-order valence-electron chi connectivity index (χ4n) is 2.72. The molecule has 0 aliphatic carbocycles. The van der Waals surface area contributed by atoms with Crippen molar-refractivity contribution in [1.82, 2.24) is 0 Å². The molecule has 0 spiro atoms. The molecule has 134 valence electrons. The first-order chi connectivity index (χ1) is 11.7. The molecule has 0 amide bonds. The smallest absolute Gasteiger partial charge is 0.221 e. The minimum absolute atomic E-state index is 0.0606. The minimum Gasteiger partial charge on any atom is -0.508 e. The molecule has 2 nitrogen and oxygen atoms in total. The van der Waals surface area contributed by atoms with Gasteiger partial charge in [-0.3, -0.25) is 4.79 Å². The molecule has 0 atom stereocenters. The molecule has 0 aliphatic heterocycles. The van der Waals surface area contributed by atoms with Crippen molar-refractivity contribution in [3.05, 3.63) is 62.4 Å². The lowest BCUT2D eigenvalue weighted by atomic mass is 9.95. The van der Waals surface area contributed by atoms with Gasteiger partial charge in [0.05, 0.1) is 0 Å². The Labute approximate surface area is 161 Å². The highest BCUT2D eigenvalue weighted by Crippen LogP contribution is 2.34. The van der Waals surface area contributed by atoms with Gasteiger partial charge in [-0.05, 0) is 58.8 Å². The lowest BCUT2D eigenvalue weighted by molar-refractivity contribution is -0.111. The predicted molar refractivity (Wildman–Crippen MR) is 101 cm³/mol. The summed E-state index contributed by atoms with van der Waals surface area (Å²) in [5.41, 5.74) is 2.08. The van der Waals surface area contributed by atoms with Crippen LogP contribution in [-0.4, -0.2) is 10.3 Å². The number of phenolic OH excluding ortho intramolecular Hbond substituents is 1. The maximum atomic E-state index is 14.7. The quantitative estimate of drug-likeness (QED) is 0.579. The SMILES string of the molecule is CC(C)c1c(O)ccc(Cc2c(Cl)cc(CCC(=O)Cl)cc2Cl)c1F. The molecule has 25 heavy (non-hydrogen) atoms. The largest absolute Gasteiger partial charge is 0.508 e. The molecule has 2 aromatic rings. The molecule has 0 heterocycles. The summed E-state index contributed by atoms with van der Waals surface area (Å²) in [7, 11) is 0. The number of rotatable bonds is 6. The Balaban J connectivity index is 2.35. The number of phenols is 1. The average Bonchev–Trinajstić information content (AvgIpc) is 2.50. The number of aryl methyl sites for hydroxylation is 1. The molecule has 0 aromatic heterocycles. The fourth-order valence-corrected chi connectivity index (χ4v) is 3.48. The number of carbonyl (C=O) groups is 1. The van der Waals surface area contributed by atoms with Crippen molar-refractivity contribution in [2.45, 2.75) is 39.0 Å². The Morgan fingerprint density at radius 3 is 2.32 bits per heavy atom. The third-order valence-electron chi connectivity index (χ3n) is 3.99. The highest BCUT2D eigenvalue weighted by molar-refractivity contribution is 6.63. The summed E-state index contributed by atoms with van der Waals surface area (Å²) in [6.07, 6.45) is 0.837. The third-order valence-corrected chi connectivity index (χ3v) is 4.86. The van der Waals surface area contributed by atoms with Crippen LogP contribution in [0.4, 0.5) is 4.39 Å². The second-order valence-corrected chi connectivity index (χ2v) is 7.43. The first kappa shape index (κ1) is 20.0. The summed E-state index contributed by atoms with van der Waals surface area (Å²) in [6, 6.07) is 6.44. The molecule has 1 N–H and O–H groups in total. The normalized spacial score (nSPS) is 11.2. The summed E-state index contributed by atoms with van der Waals surface area (Å²) < 4.78 is 14.7. The third kappa shape index (κ3) is 4.87. The zero-order valence-corrected chi connectivity index (χ0v) is 16.1. The lowest BCUT2D eigenvalue weighted by Gasteiger charge is -2.15. The topological polar surface area (TPSA) is 37.3 Å². The van der Waals surface area contributed by atoms with Gasteiger partial charge in [-0.25, -0.2) is 4.39 Å². The molecule has 2 rings (SSSR count). The van der Waals surface area contributed by atoms with Crippen molar-refractivity contribution >= 4 is 40.0 Å². The van der Waals surface area contributed by atoms with Gasteiger partial charge in [0.2, 0.25) is 5.24 Å². The monoisotopic (exact) mass is 402 g/mol. The highest BCUT2D eigenvalue weighted by Gasteiger charge is 2.18. The molecular weight excluding hydrogens is 386 g/mol. The van der Waals surface area contributed by atoms with E-state index in [0.717, 1.165) is 5.56 Å². The molecule has 2 aromatic carbocycles. The van der Waals surface area contributed by atoms with E-state index in [-0.39, 0.29) is 30.1 Å². The highest BCUT2D eigenvalue weighted by atomic mass is 35.5. The second-order valence-electron chi connectivity index (χ2n) is 6.20. The van der Waals surface area contributed by atoms with E-state index in [1.54, 1.807) is 12.1 Å². The molecule has 6 heteroatoms. The minimum atomic E-state index is -0.445. The van der Waals surface area contributed by atoms with Gasteiger partial charge < -0.3 is 5.11 Å². The van der Waals surface area contributed by atoms with Crippen molar-refractivity contribution in [2.75, 3.05) is 0 Å². The van der Waals surface area contributed by atoms with E-state index < -0.39 is 11.1 Å². The van der Waals surface area contributed by atoms with Crippen molar-refractivity contribution in [3.8, 4) is 5.75 Å². The zero-order valence-electron chi connectivity index (χ0n) is 13.9. The number of aromatic hydroxyl groups is 1. The van der Waals surface area contributed by atoms with E-state index >= 15 is 0 Å². The van der Waals surface area contributed by atoms with Gasteiger partial charge in [0.15, 0.2) is 0 Å². The van der Waals surface area contributed by atoms with Crippen LogP contribution in [0.25, 0.3) is 0 Å². The molecule has 0 saturated carbocycles. The van der Waals surface area contributed by atoms with Crippen LogP contribution < -0.4 is 0 Å². The number of carbonyl (C=O) groups excluding carboxylic acids is 1. The van der Waals surface area contributed by atoms with Gasteiger partial charge in [-0.1, -0.05) is 43.1 Å². The molecule has 0 radical (unpaired) electrons. The van der Waals surface area contributed by atoms with Gasteiger partial charge >= 0.3 is 0 Å². The van der Waals surface area contributed by atoms with E-state index in [0.29, 0.717) is 27.6 Å². The van der Waals surface area contributed by atoms with E-state index in [4.69, 9.17) is 34.8 Å². The summed E-state index contributed by atoms with van der Waals surface area (Å²) in [6.45, 7) is 3.63. The van der Waals surface area contributed by atoms with Crippen LogP contribution in [0, 0.1) is 5.82 Å². The summed E-state index contributed by atoms with van der Waals surface area (Å²) in [5, 5.41) is 10.3. The van der Waals surface area contributed by atoms with Crippen molar-refractivity contribution < 1.29 is 14.3 Å². The van der Waals surface area contributed by atoms with Gasteiger partial charge in [0, 0.05) is 28.5 Å². The van der Waals surface area contributed by atoms with Crippen molar-refractivity contribution in [3.63, 3.8) is 0 Å². The Kier molecular flexibility index (Phi) is 6.72. The van der Waals surface area contributed by atoms with Crippen molar-refractivity contribution in [2.24, 2.45) is 0 Å². The average molecular weight is 404 g/mol. The fraction of sp³-hybridized carbons (Fsp3) is 0.316. The Morgan fingerprint density at radius 1 is 1.20 bits per heavy atom. The van der Waals surface area contributed by atoms with E-state index in [9.17, 15) is 14.3 Å². The molecular formula is C19H18Cl3FO2. The van der Waals surface area contributed by atoms with E-state index in [1.165, 1.54) is 12.1 Å². The molecule has 0 unspecified atom stereocenters. The second kappa shape index (κ2) is 8.39. The van der Waals surface area contributed by atoms with Crippen molar-refractivity contribution in [1.29, 1.82) is 0 Å². The Morgan fingerprint density at radius 2 is 1.80 bits per heavy atom. The van der Waals surface area contributed by atoms with E-state index in [1.807, 2.05) is 13.8 Å². The first-order valence-corrected chi connectivity index (χ1v) is 8.99. The summed E-state index contributed by atoms with van der Waals surface area (Å²) >= 11 is 18.0. The maximum absolute atomic E-state index is 14.7. The maximum Gasteiger partial charge on any atom is 0.221 e. The first-order valence-electron chi connectivity index (χ1n) is 7.86. The number of halogens is 4. The Bertz CT molecular complexity index is 780.